The van der Waals surface area contributed by atoms with E-state index in [2.05, 4.69) is 21.4 Å². The van der Waals surface area contributed by atoms with Crippen LogP contribution in [-0.2, 0) is 9.53 Å². The summed E-state index contributed by atoms with van der Waals surface area (Å²) in [6.07, 6.45) is 9.29. The van der Waals surface area contributed by atoms with Gasteiger partial charge in [0.2, 0.25) is 5.78 Å². The smallest absolute Gasteiger partial charge is 0.234 e. The summed E-state index contributed by atoms with van der Waals surface area (Å²) in [6.45, 7) is 2.80. The fourth-order valence-electron chi connectivity index (χ4n) is 2.85. The van der Waals surface area contributed by atoms with Crippen molar-refractivity contribution in [2.24, 2.45) is 0 Å². The zero-order valence-corrected chi connectivity index (χ0v) is 15.3. The van der Waals surface area contributed by atoms with Crippen LogP contribution in [0.4, 0.5) is 10.1 Å². The topological polar surface area (TPSA) is 68.5 Å². The van der Waals surface area contributed by atoms with Crippen LogP contribution >= 0.6 is 0 Å². The van der Waals surface area contributed by atoms with Crippen LogP contribution in [0.25, 0.3) is 22.6 Å². The van der Waals surface area contributed by atoms with Crippen molar-refractivity contribution >= 4 is 23.3 Å². The highest BCUT2D eigenvalue weighted by molar-refractivity contribution is 5.69. The highest BCUT2D eigenvalue weighted by atomic mass is 19.1. The van der Waals surface area contributed by atoms with E-state index in [1.54, 1.807) is 19.2 Å². The van der Waals surface area contributed by atoms with E-state index in [0.29, 0.717) is 23.6 Å². The maximum absolute atomic E-state index is 14.2. The van der Waals surface area contributed by atoms with Crippen molar-refractivity contribution in [3.63, 3.8) is 0 Å². The molecule has 0 amide bonds. The summed E-state index contributed by atoms with van der Waals surface area (Å²) in [7, 11) is 1.80. The number of benzene rings is 1. The minimum absolute atomic E-state index is 0.301. The van der Waals surface area contributed by atoms with E-state index >= 15 is 0 Å². The second-order valence-corrected chi connectivity index (χ2v) is 5.91. The fraction of sp³-hybridized carbons (Fsp3) is 0.250. The molecule has 1 aliphatic heterocycles. The van der Waals surface area contributed by atoms with E-state index in [1.807, 2.05) is 23.0 Å². The quantitative estimate of drug-likeness (QED) is 0.716. The molecule has 0 atom stereocenters. The highest BCUT2D eigenvalue weighted by Gasteiger charge is 2.13. The summed E-state index contributed by atoms with van der Waals surface area (Å²) in [4.78, 5) is 17.7. The number of rotatable bonds is 3. The van der Waals surface area contributed by atoms with Gasteiger partial charge in [0, 0.05) is 42.5 Å². The van der Waals surface area contributed by atoms with Crippen molar-refractivity contribution in [1.29, 1.82) is 0 Å². The van der Waals surface area contributed by atoms with Crippen molar-refractivity contribution in [2.45, 2.75) is 13.3 Å². The number of hydrogen-bond donors (Lipinski definition) is 1. The van der Waals surface area contributed by atoms with Gasteiger partial charge in [0.1, 0.15) is 12.1 Å². The van der Waals surface area contributed by atoms with Crippen LogP contribution in [-0.4, -0.2) is 40.9 Å². The number of imidazole rings is 1. The molecule has 1 aromatic carbocycles. The molecule has 0 bridgehead atoms. The number of aldehydes is 1. The van der Waals surface area contributed by atoms with Crippen molar-refractivity contribution in [3.05, 3.63) is 54.2 Å². The molecule has 0 saturated heterocycles. The first-order valence-corrected chi connectivity index (χ1v) is 8.65. The Morgan fingerprint density at radius 3 is 2.85 bits per heavy atom. The molecule has 27 heavy (non-hydrogen) atoms. The zero-order valence-electron chi connectivity index (χ0n) is 15.3. The number of anilines is 1. The minimum Gasteiger partial charge on any atom is -0.388 e. The Hall–Kier alpha value is -3.06. The number of nitrogens with zero attached hydrogens (tertiary/aromatic N) is 3. The van der Waals surface area contributed by atoms with Gasteiger partial charge in [-0.1, -0.05) is 6.08 Å². The van der Waals surface area contributed by atoms with Gasteiger partial charge in [0.25, 0.3) is 0 Å². The number of ether oxygens (including phenoxy) is 1. The molecule has 7 heteroatoms. The number of fused-ring (bicyclic) bond motifs is 1. The molecule has 2 aromatic heterocycles. The number of nitrogens with one attached hydrogen (secondary N) is 1. The first-order chi connectivity index (χ1) is 13.2. The summed E-state index contributed by atoms with van der Waals surface area (Å²) in [5.74, 6) is 0.250. The van der Waals surface area contributed by atoms with Crippen LogP contribution in [0.2, 0.25) is 0 Å². The van der Waals surface area contributed by atoms with Crippen molar-refractivity contribution < 1.29 is 13.9 Å². The summed E-state index contributed by atoms with van der Waals surface area (Å²) in [6, 6.07) is 4.89. The maximum Gasteiger partial charge on any atom is 0.234 e. The first-order valence-electron chi connectivity index (χ1n) is 8.65. The van der Waals surface area contributed by atoms with Crippen LogP contribution < -0.4 is 5.32 Å². The highest BCUT2D eigenvalue weighted by Crippen LogP contribution is 2.26. The SMILES string of the molecule is CC=O.CNc1ccc(F)c(-c2cn3cc(C4=CCOCC4)cnc3n2)c1. The lowest BCUT2D eigenvalue weighted by Gasteiger charge is -2.13. The Morgan fingerprint density at radius 2 is 2.15 bits per heavy atom. The maximum atomic E-state index is 14.2. The minimum atomic E-state index is -0.301. The molecule has 3 aromatic rings. The van der Waals surface area contributed by atoms with Gasteiger partial charge in [0.15, 0.2) is 0 Å². The van der Waals surface area contributed by atoms with Gasteiger partial charge in [-0.2, -0.15) is 0 Å². The lowest BCUT2D eigenvalue weighted by atomic mass is 10.1. The van der Waals surface area contributed by atoms with Gasteiger partial charge in [-0.25, -0.2) is 14.4 Å². The molecule has 4 rings (SSSR count). The third-order valence-corrected chi connectivity index (χ3v) is 4.18. The van der Waals surface area contributed by atoms with Crippen LogP contribution in [0.3, 0.4) is 0 Å². The second-order valence-electron chi connectivity index (χ2n) is 5.91. The Balaban J connectivity index is 0.000000659. The van der Waals surface area contributed by atoms with E-state index in [0.717, 1.165) is 30.6 Å². The molecule has 0 unspecified atom stereocenters. The molecule has 0 radical (unpaired) electrons. The number of aromatic nitrogens is 3. The summed E-state index contributed by atoms with van der Waals surface area (Å²) >= 11 is 0. The molecule has 0 saturated carbocycles. The average molecular weight is 368 g/mol. The van der Waals surface area contributed by atoms with Crippen molar-refractivity contribution in [2.75, 3.05) is 25.6 Å². The largest absolute Gasteiger partial charge is 0.388 e. The first kappa shape index (κ1) is 18.7. The number of carbonyl (C=O) groups is 1. The van der Waals surface area contributed by atoms with E-state index in [4.69, 9.17) is 9.53 Å². The van der Waals surface area contributed by atoms with Gasteiger partial charge < -0.3 is 14.8 Å². The monoisotopic (exact) mass is 368 g/mol. The summed E-state index contributed by atoms with van der Waals surface area (Å²) in [5, 5.41) is 3.01. The third-order valence-electron chi connectivity index (χ3n) is 4.18. The van der Waals surface area contributed by atoms with Crippen LogP contribution in [0.15, 0.2) is 42.9 Å². The molecule has 1 N–H and O–H groups in total. The molecule has 6 nitrogen and oxygen atoms in total. The second kappa shape index (κ2) is 8.55. The average Bonchev–Trinajstić information content (AvgIpc) is 3.12. The van der Waals surface area contributed by atoms with Gasteiger partial charge in [-0.05, 0) is 37.1 Å². The molecule has 0 spiro atoms. The molecular formula is C20H21FN4O2. The van der Waals surface area contributed by atoms with Crippen molar-refractivity contribution in [3.8, 4) is 11.3 Å². The van der Waals surface area contributed by atoms with Crippen LogP contribution in [0.5, 0.6) is 0 Å². The lowest BCUT2D eigenvalue weighted by Crippen LogP contribution is -2.04. The lowest BCUT2D eigenvalue weighted by molar-refractivity contribution is -0.106. The molecular weight excluding hydrogens is 347 g/mol. The van der Waals surface area contributed by atoms with Gasteiger partial charge >= 0.3 is 0 Å². The van der Waals surface area contributed by atoms with E-state index in [1.165, 1.54) is 18.6 Å². The van der Waals surface area contributed by atoms with Crippen LogP contribution in [0, 0.1) is 5.82 Å². The normalized spacial score (nSPS) is 13.5. The number of halogens is 1. The standard InChI is InChI=1S/C18H17FN4O.C2H4O/c1-20-14-2-3-16(19)15(8-14)17-11-23-10-13(9-21-18(23)22-17)12-4-6-24-7-5-12;1-2-3/h2-4,8-11,20H,5-7H2,1H3;2H,1H3. The Kier molecular flexibility index (Phi) is 5.93. The predicted octanol–water partition coefficient (Wildman–Crippen LogP) is 3.59. The van der Waals surface area contributed by atoms with E-state index in [-0.39, 0.29) is 5.82 Å². The number of hydrogen-bond acceptors (Lipinski definition) is 5. The zero-order chi connectivity index (χ0) is 19.2. The van der Waals surface area contributed by atoms with Gasteiger partial charge in [0.05, 0.1) is 18.9 Å². The summed E-state index contributed by atoms with van der Waals surface area (Å²) < 4.78 is 21.4. The van der Waals surface area contributed by atoms with Gasteiger partial charge in [-0.15, -0.1) is 0 Å². The van der Waals surface area contributed by atoms with Crippen LogP contribution in [0.1, 0.15) is 18.9 Å². The van der Waals surface area contributed by atoms with Crippen molar-refractivity contribution in [1.82, 2.24) is 14.4 Å². The predicted molar refractivity (Wildman–Crippen MR) is 103 cm³/mol. The fourth-order valence-corrected chi connectivity index (χ4v) is 2.85. The van der Waals surface area contributed by atoms with Gasteiger partial charge in [-0.3, -0.25) is 4.40 Å². The molecule has 140 valence electrons. The summed E-state index contributed by atoms with van der Waals surface area (Å²) in [5.41, 5.74) is 4.12. The molecule has 1 aliphatic rings. The Bertz CT molecular complexity index is 981. The van der Waals surface area contributed by atoms with E-state index < -0.39 is 0 Å². The molecule has 0 aliphatic carbocycles. The Morgan fingerprint density at radius 1 is 1.33 bits per heavy atom. The third kappa shape index (κ3) is 4.20. The van der Waals surface area contributed by atoms with E-state index in [9.17, 15) is 4.39 Å². The molecule has 3 heterocycles. The molecule has 0 fully saturated rings. The number of carbonyl (C=O) groups excluding carboxylic acids is 1. The Labute approximate surface area is 156 Å².